The smallest absolute Gasteiger partial charge is 0.267 e. The van der Waals surface area contributed by atoms with E-state index in [4.69, 9.17) is 5.11 Å². The summed E-state index contributed by atoms with van der Waals surface area (Å²) in [5.41, 5.74) is 2.99. The number of hydrogen-bond donors (Lipinski definition) is 3. The molecule has 0 spiro atoms. The van der Waals surface area contributed by atoms with Gasteiger partial charge in [0.1, 0.15) is 22.3 Å². The van der Waals surface area contributed by atoms with Gasteiger partial charge in [0.2, 0.25) is 0 Å². The second-order valence-corrected chi connectivity index (χ2v) is 11.4. The number of anilines is 4. The van der Waals surface area contributed by atoms with Crippen molar-refractivity contribution in [1.82, 2.24) is 19.9 Å². The summed E-state index contributed by atoms with van der Waals surface area (Å²) in [7, 11) is 0. The summed E-state index contributed by atoms with van der Waals surface area (Å²) < 4.78 is 0.273. The predicted octanol–water partition coefficient (Wildman–Crippen LogP) is 4.16. The van der Waals surface area contributed by atoms with E-state index in [1.807, 2.05) is 38.1 Å². The van der Waals surface area contributed by atoms with E-state index in [2.05, 4.69) is 64.9 Å². The summed E-state index contributed by atoms with van der Waals surface area (Å²) in [5, 5.41) is 16.1. The number of benzene rings is 1. The number of para-hydroxylation sites is 1. The average Bonchev–Trinajstić information content (AvgIpc) is 3.29. The summed E-state index contributed by atoms with van der Waals surface area (Å²) >= 11 is 3.64. The molecule has 3 N–H and O–H groups in total. The third-order valence-electron chi connectivity index (χ3n) is 5.87. The Morgan fingerprint density at radius 1 is 1.23 bits per heavy atom. The third-order valence-corrected chi connectivity index (χ3v) is 7.46. The first kappa shape index (κ1) is 25.7. The molecule has 9 nitrogen and oxygen atoms in total. The van der Waals surface area contributed by atoms with Crippen LogP contribution in [0.5, 0.6) is 0 Å². The second kappa shape index (κ2) is 11.6. The zero-order valence-corrected chi connectivity index (χ0v) is 23.1. The molecule has 11 heteroatoms. The Bertz CT molecular complexity index is 1180. The van der Waals surface area contributed by atoms with Crippen LogP contribution in [0.15, 0.2) is 30.5 Å². The van der Waals surface area contributed by atoms with Crippen molar-refractivity contribution in [3.8, 4) is 0 Å². The number of piperazine rings is 1. The minimum absolute atomic E-state index is 0.177. The van der Waals surface area contributed by atoms with Gasteiger partial charge in [-0.25, -0.2) is 15.0 Å². The molecule has 0 saturated carbocycles. The van der Waals surface area contributed by atoms with E-state index in [0.717, 1.165) is 48.8 Å². The predicted molar refractivity (Wildman–Crippen MR) is 149 cm³/mol. The number of nitrogens with zero attached hydrogens (tertiary/aromatic N) is 5. The van der Waals surface area contributed by atoms with E-state index in [9.17, 15) is 4.79 Å². The molecule has 1 amide bonds. The average molecular weight is 608 g/mol. The molecule has 1 atom stereocenters. The number of nitrogens with one attached hydrogen (secondary N) is 2. The minimum atomic E-state index is -0.177. The molecular formula is C24H30IN7O2S. The fourth-order valence-electron chi connectivity index (χ4n) is 4.03. The lowest BCUT2D eigenvalue weighted by Gasteiger charge is -2.35. The number of amides is 1. The van der Waals surface area contributed by atoms with Crippen LogP contribution in [0.3, 0.4) is 0 Å². The molecular weight excluding hydrogens is 577 g/mol. The first-order valence-corrected chi connectivity index (χ1v) is 13.6. The Morgan fingerprint density at radius 3 is 2.71 bits per heavy atom. The molecule has 0 radical (unpaired) electrons. The fourth-order valence-corrected chi connectivity index (χ4v) is 5.27. The van der Waals surface area contributed by atoms with Crippen LogP contribution < -0.4 is 15.5 Å². The molecule has 2 aromatic heterocycles. The lowest BCUT2D eigenvalue weighted by molar-refractivity contribution is 0.103. The Morgan fingerprint density at radius 2 is 2.00 bits per heavy atom. The highest BCUT2D eigenvalue weighted by molar-refractivity contribution is 14.1. The molecule has 4 rings (SSSR count). The van der Waals surface area contributed by atoms with E-state index in [1.165, 1.54) is 11.3 Å². The highest BCUT2D eigenvalue weighted by Crippen LogP contribution is 2.33. The number of aliphatic hydroxyl groups excluding tert-OH is 1. The van der Waals surface area contributed by atoms with Crippen molar-refractivity contribution >= 4 is 62.3 Å². The number of aromatic nitrogens is 3. The number of aliphatic hydroxyl groups is 1. The van der Waals surface area contributed by atoms with E-state index in [1.54, 1.807) is 6.20 Å². The second-order valence-electron chi connectivity index (χ2n) is 8.47. The van der Waals surface area contributed by atoms with Crippen molar-refractivity contribution in [2.45, 2.75) is 24.7 Å². The fraction of sp³-hybridized carbons (Fsp3) is 0.417. The van der Waals surface area contributed by atoms with E-state index < -0.39 is 0 Å². The molecule has 1 saturated heterocycles. The number of β-amino-alcohol motifs (C(OH)–C–C–N with tert-alkyl or cyclic N) is 1. The van der Waals surface area contributed by atoms with Crippen molar-refractivity contribution in [2.75, 3.05) is 54.9 Å². The number of rotatable bonds is 8. The Balaban J connectivity index is 1.44. The quantitative estimate of drug-likeness (QED) is 0.259. The molecule has 1 aliphatic rings. The van der Waals surface area contributed by atoms with Crippen molar-refractivity contribution in [3.05, 3.63) is 52.3 Å². The topological polar surface area (TPSA) is 107 Å². The molecule has 35 heavy (non-hydrogen) atoms. The van der Waals surface area contributed by atoms with Gasteiger partial charge in [0.15, 0.2) is 5.13 Å². The summed E-state index contributed by atoms with van der Waals surface area (Å²) in [6, 6.07) is 7.97. The largest absolute Gasteiger partial charge is 0.395 e. The molecule has 1 aliphatic heterocycles. The van der Waals surface area contributed by atoms with E-state index in [-0.39, 0.29) is 16.4 Å². The van der Waals surface area contributed by atoms with Crippen LogP contribution >= 0.6 is 33.9 Å². The molecule has 1 aromatic carbocycles. The maximum Gasteiger partial charge on any atom is 0.267 e. The zero-order valence-electron chi connectivity index (χ0n) is 20.1. The summed E-state index contributed by atoms with van der Waals surface area (Å²) in [5.74, 6) is 1.99. The first-order chi connectivity index (χ1) is 16.8. The van der Waals surface area contributed by atoms with Crippen molar-refractivity contribution in [1.29, 1.82) is 0 Å². The number of alkyl halides is 1. The van der Waals surface area contributed by atoms with Crippen LogP contribution in [0.2, 0.25) is 0 Å². The van der Waals surface area contributed by atoms with Gasteiger partial charge in [-0.2, -0.15) is 0 Å². The normalized spacial score (nSPS) is 15.2. The van der Waals surface area contributed by atoms with Gasteiger partial charge in [-0.1, -0.05) is 52.1 Å². The molecule has 3 heterocycles. The summed E-state index contributed by atoms with van der Waals surface area (Å²) in [6.45, 7) is 10.3. The van der Waals surface area contributed by atoms with E-state index in [0.29, 0.717) is 28.2 Å². The van der Waals surface area contributed by atoms with Gasteiger partial charge in [-0.3, -0.25) is 9.69 Å². The zero-order chi connectivity index (χ0) is 24.9. The first-order valence-electron chi connectivity index (χ1n) is 11.6. The van der Waals surface area contributed by atoms with Crippen LogP contribution in [0.25, 0.3) is 0 Å². The lowest BCUT2D eigenvalue weighted by Crippen LogP contribution is -2.47. The maximum absolute atomic E-state index is 13.0. The summed E-state index contributed by atoms with van der Waals surface area (Å²) in [6.07, 6.45) is 1.59. The van der Waals surface area contributed by atoms with Crippen LogP contribution in [0.1, 0.15) is 37.5 Å². The minimum Gasteiger partial charge on any atom is -0.395 e. The highest BCUT2D eigenvalue weighted by atomic mass is 127. The van der Waals surface area contributed by atoms with Gasteiger partial charge in [-0.15, -0.1) is 0 Å². The maximum atomic E-state index is 13.0. The molecule has 3 aromatic rings. The Kier molecular flexibility index (Phi) is 8.52. The van der Waals surface area contributed by atoms with Crippen molar-refractivity contribution in [2.24, 2.45) is 0 Å². The third kappa shape index (κ3) is 6.46. The standard InChI is InChI=1S/C24H30IN7O2S/c1-15-5-4-6-18(16(2)25)22(15)30-23(34)19-14-26-24(35-19)29-20-13-21(28-17(3)27-20)32-9-7-31(8-10-32)11-12-33/h4-6,13-14,16,33H,7-12H2,1-3H3,(H,30,34)(H,26,27,28,29)/t16-/m1/s1. The lowest BCUT2D eigenvalue weighted by atomic mass is 10.1. The highest BCUT2D eigenvalue weighted by Gasteiger charge is 2.20. The Labute approximate surface area is 223 Å². The van der Waals surface area contributed by atoms with Gasteiger partial charge >= 0.3 is 0 Å². The van der Waals surface area contributed by atoms with Crippen molar-refractivity contribution in [3.63, 3.8) is 0 Å². The number of halogens is 1. The van der Waals surface area contributed by atoms with Crippen LogP contribution in [0.4, 0.5) is 22.5 Å². The van der Waals surface area contributed by atoms with Gasteiger partial charge in [-0.05, 0) is 31.9 Å². The van der Waals surface area contributed by atoms with Gasteiger partial charge in [0.05, 0.1) is 12.8 Å². The Hall–Kier alpha value is -2.35. The number of carbonyl (C=O) groups excluding carboxylic acids is 1. The number of aryl methyl sites for hydroxylation is 2. The van der Waals surface area contributed by atoms with Gasteiger partial charge in [0.25, 0.3) is 5.91 Å². The van der Waals surface area contributed by atoms with Crippen LogP contribution in [-0.4, -0.2) is 70.2 Å². The van der Waals surface area contributed by atoms with Crippen LogP contribution in [0, 0.1) is 13.8 Å². The van der Waals surface area contributed by atoms with Crippen molar-refractivity contribution < 1.29 is 9.90 Å². The number of thiazole rings is 1. The van der Waals surface area contributed by atoms with Gasteiger partial charge < -0.3 is 20.6 Å². The van der Waals surface area contributed by atoms with Gasteiger partial charge in [0, 0.05) is 48.4 Å². The van der Waals surface area contributed by atoms with Crippen LogP contribution in [-0.2, 0) is 0 Å². The SMILES string of the molecule is Cc1nc(Nc2ncc(C(=O)Nc3c(C)cccc3[C@@H](C)I)s2)cc(N2CCN(CCO)CC2)n1. The monoisotopic (exact) mass is 607 g/mol. The molecule has 0 unspecified atom stereocenters. The molecule has 1 fully saturated rings. The number of hydrogen-bond acceptors (Lipinski definition) is 9. The summed E-state index contributed by atoms with van der Waals surface area (Å²) in [4.78, 5) is 31.5. The number of carbonyl (C=O) groups is 1. The molecule has 0 aliphatic carbocycles. The van der Waals surface area contributed by atoms with E-state index >= 15 is 0 Å². The molecule has 186 valence electrons. The molecule has 0 bridgehead atoms.